The Morgan fingerprint density at radius 1 is 1.10 bits per heavy atom. The SMILES string of the molecule is C#CCOc1ccc2ccccc2c1/C=C1/NC(=O)N(Cc2cccc(C)c2)C1=O. The normalized spacial score (nSPS) is 14.8. The number of carbonyl (C=O) groups is 2. The fourth-order valence-corrected chi connectivity index (χ4v) is 3.52. The summed E-state index contributed by atoms with van der Waals surface area (Å²) in [5, 5.41) is 4.58. The maximum atomic E-state index is 13.0. The molecule has 4 rings (SSSR count). The van der Waals surface area contributed by atoms with Crippen LogP contribution < -0.4 is 10.1 Å². The minimum absolute atomic E-state index is 0.105. The number of urea groups is 1. The van der Waals surface area contributed by atoms with Crippen molar-refractivity contribution in [2.75, 3.05) is 6.61 Å². The van der Waals surface area contributed by atoms with E-state index in [1.165, 1.54) is 4.90 Å². The van der Waals surface area contributed by atoms with E-state index in [4.69, 9.17) is 11.2 Å². The molecule has 0 atom stereocenters. The molecule has 0 aromatic heterocycles. The van der Waals surface area contributed by atoms with Gasteiger partial charge >= 0.3 is 6.03 Å². The zero-order chi connectivity index (χ0) is 21.1. The van der Waals surface area contributed by atoms with Crippen molar-refractivity contribution in [3.05, 3.63) is 83.1 Å². The quantitative estimate of drug-likeness (QED) is 0.398. The Labute approximate surface area is 175 Å². The van der Waals surface area contributed by atoms with E-state index in [0.29, 0.717) is 11.3 Å². The first kappa shape index (κ1) is 19.3. The van der Waals surface area contributed by atoms with Crippen molar-refractivity contribution in [1.82, 2.24) is 10.2 Å². The second-order valence-electron chi connectivity index (χ2n) is 7.06. The molecule has 0 saturated carbocycles. The molecule has 0 spiro atoms. The predicted molar refractivity (Wildman–Crippen MR) is 117 cm³/mol. The van der Waals surface area contributed by atoms with Gasteiger partial charge in [0.15, 0.2) is 0 Å². The standard InChI is InChI=1S/C25H20N2O3/c1-3-13-30-23-12-11-19-9-4-5-10-20(19)21(23)15-22-24(28)27(25(29)26-22)16-18-8-6-7-17(2)14-18/h1,4-12,14-15H,13,16H2,2H3,(H,26,29)/b22-15+. The van der Waals surface area contributed by atoms with Crippen LogP contribution in [0.2, 0.25) is 0 Å². The van der Waals surface area contributed by atoms with Crippen LogP contribution in [0, 0.1) is 19.3 Å². The van der Waals surface area contributed by atoms with Crippen molar-refractivity contribution in [2.24, 2.45) is 0 Å². The fraction of sp³-hybridized carbons (Fsp3) is 0.120. The van der Waals surface area contributed by atoms with Gasteiger partial charge in [0, 0.05) is 5.56 Å². The average molecular weight is 396 g/mol. The van der Waals surface area contributed by atoms with Crippen LogP contribution in [0.1, 0.15) is 16.7 Å². The highest BCUT2D eigenvalue weighted by Gasteiger charge is 2.33. The van der Waals surface area contributed by atoms with Crippen LogP contribution >= 0.6 is 0 Å². The topological polar surface area (TPSA) is 58.6 Å². The molecule has 148 valence electrons. The van der Waals surface area contributed by atoms with Gasteiger partial charge in [0.25, 0.3) is 5.91 Å². The number of terminal acetylenes is 1. The van der Waals surface area contributed by atoms with E-state index in [-0.39, 0.29) is 24.8 Å². The van der Waals surface area contributed by atoms with Gasteiger partial charge in [-0.25, -0.2) is 4.79 Å². The summed E-state index contributed by atoms with van der Waals surface area (Å²) in [7, 11) is 0. The summed E-state index contributed by atoms with van der Waals surface area (Å²) >= 11 is 0. The van der Waals surface area contributed by atoms with Crippen molar-refractivity contribution in [3.8, 4) is 18.1 Å². The van der Waals surface area contributed by atoms with Crippen molar-refractivity contribution in [1.29, 1.82) is 0 Å². The zero-order valence-electron chi connectivity index (χ0n) is 16.5. The molecular formula is C25H20N2O3. The van der Waals surface area contributed by atoms with Crippen molar-refractivity contribution < 1.29 is 14.3 Å². The molecule has 1 saturated heterocycles. The van der Waals surface area contributed by atoms with E-state index >= 15 is 0 Å². The van der Waals surface area contributed by atoms with Gasteiger partial charge in [0.1, 0.15) is 18.1 Å². The number of fused-ring (bicyclic) bond motifs is 1. The van der Waals surface area contributed by atoms with Crippen LogP contribution in [0.5, 0.6) is 5.75 Å². The minimum Gasteiger partial charge on any atom is -0.480 e. The van der Waals surface area contributed by atoms with Crippen LogP contribution in [0.25, 0.3) is 16.8 Å². The molecule has 0 unspecified atom stereocenters. The lowest BCUT2D eigenvalue weighted by Gasteiger charge is -2.12. The largest absolute Gasteiger partial charge is 0.480 e. The number of hydrogen-bond donors (Lipinski definition) is 1. The summed E-state index contributed by atoms with van der Waals surface area (Å²) in [5.74, 6) is 2.63. The molecule has 0 aliphatic carbocycles. The van der Waals surface area contributed by atoms with Crippen LogP contribution in [0.4, 0.5) is 4.79 Å². The van der Waals surface area contributed by atoms with Gasteiger partial charge in [0.2, 0.25) is 0 Å². The molecule has 1 aliphatic rings. The summed E-state index contributed by atoms with van der Waals surface area (Å²) in [4.78, 5) is 26.7. The number of benzene rings is 3. The summed E-state index contributed by atoms with van der Waals surface area (Å²) < 4.78 is 5.68. The molecule has 5 nitrogen and oxygen atoms in total. The Morgan fingerprint density at radius 3 is 2.73 bits per heavy atom. The van der Waals surface area contributed by atoms with Gasteiger partial charge in [-0.2, -0.15) is 0 Å². The van der Waals surface area contributed by atoms with Gasteiger partial charge in [-0.05, 0) is 35.4 Å². The van der Waals surface area contributed by atoms with E-state index in [0.717, 1.165) is 21.9 Å². The van der Waals surface area contributed by atoms with E-state index in [1.807, 2.05) is 67.6 Å². The molecule has 3 aromatic rings. The third-order valence-corrected chi connectivity index (χ3v) is 4.92. The number of hydrogen-bond acceptors (Lipinski definition) is 3. The molecule has 1 heterocycles. The molecule has 0 bridgehead atoms. The third-order valence-electron chi connectivity index (χ3n) is 4.92. The molecule has 30 heavy (non-hydrogen) atoms. The van der Waals surface area contributed by atoms with E-state index in [9.17, 15) is 9.59 Å². The molecule has 3 aromatic carbocycles. The average Bonchev–Trinajstić information content (AvgIpc) is 3.00. The second kappa shape index (κ2) is 8.14. The smallest absolute Gasteiger partial charge is 0.329 e. The first-order valence-electron chi connectivity index (χ1n) is 9.55. The molecule has 3 amide bonds. The highest BCUT2D eigenvalue weighted by molar-refractivity contribution is 6.14. The number of ether oxygens (including phenoxy) is 1. The van der Waals surface area contributed by atoms with Gasteiger partial charge in [0.05, 0.1) is 6.54 Å². The number of nitrogens with one attached hydrogen (secondary N) is 1. The summed E-state index contributed by atoms with van der Waals surface area (Å²) in [6.07, 6.45) is 6.99. The van der Waals surface area contributed by atoms with Crippen LogP contribution in [0.15, 0.2) is 66.4 Å². The Bertz CT molecular complexity index is 1220. The highest BCUT2D eigenvalue weighted by atomic mass is 16.5. The number of nitrogens with zero attached hydrogens (tertiary/aromatic N) is 1. The van der Waals surface area contributed by atoms with Crippen molar-refractivity contribution >= 4 is 28.8 Å². The maximum absolute atomic E-state index is 13.0. The summed E-state index contributed by atoms with van der Waals surface area (Å²) in [6, 6.07) is 18.8. The molecule has 1 fully saturated rings. The monoisotopic (exact) mass is 396 g/mol. The lowest BCUT2D eigenvalue weighted by atomic mass is 10.0. The van der Waals surface area contributed by atoms with E-state index in [1.54, 1.807) is 6.08 Å². The lowest BCUT2D eigenvalue weighted by molar-refractivity contribution is -0.123. The maximum Gasteiger partial charge on any atom is 0.329 e. The van der Waals surface area contributed by atoms with Gasteiger partial charge < -0.3 is 10.1 Å². The molecule has 1 aliphatic heterocycles. The van der Waals surface area contributed by atoms with E-state index in [2.05, 4.69) is 11.2 Å². The fourth-order valence-electron chi connectivity index (χ4n) is 3.52. The number of carbonyl (C=O) groups excluding carboxylic acids is 2. The second-order valence-corrected chi connectivity index (χ2v) is 7.06. The molecular weight excluding hydrogens is 376 g/mol. The molecule has 1 N–H and O–H groups in total. The Kier molecular flexibility index (Phi) is 5.23. The number of aryl methyl sites for hydroxylation is 1. The van der Waals surface area contributed by atoms with Crippen molar-refractivity contribution in [2.45, 2.75) is 13.5 Å². The highest BCUT2D eigenvalue weighted by Crippen LogP contribution is 2.31. The first-order chi connectivity index (χ1) is 14.6. The molecule has 5 heteroatoms. The van der Waals surface area contributed by atoms with Gasteiger partial charge in [-0.1, -0.05) is 66.1 Å². The first-order valence-corrected chi connectivity index (χ1v) is 9.55. The van der Waals surface area contributed by atoms with Crippen LogP contribution in [0.3, 0.4) is 0 Å². The minimum atomic E-state index is -0.445. The number of rotatable bonds is 5. The van der Waals surface area contributed by atoms with Crippen LogP contribution in [-0.2, 0) is 11.3 Å². The van der Waals surface area contributed by atoms with Crippen LogP contribution in [-0.4, -0.2) is 23.4 Å². The number of amides is 3. The molecule has 0 radical (unpaired) electrons. The Morgan fingerprint density at radius 2 is 1.93 bits per heavy atom. The summed E-state index contributed by atoms with van der Waals surface area (Å²) in [5.41, 5.74) is 2.86. The third kappa shape index (κ3) is 3.76. The Hall–Kier alpha value is -4.04. The zero-order valence-corrected chi connectivity index (χ0v) is 16.5. The summed E-state index contributed by atoms with van der Waals surface area (Å²) in [6.45, 7) is 2.28. The number of imide groups is 1. The Balaban J connectivity index is 1.71. The van der Waals surface area contributed by atoms with E-state index < -0.39 is 6.03 Å². The lowest BCUT2D eigenvalue weighted by Crippen LogP contribution is -2.30. The van der Waals surface area contributed by atoms with Crippen molar-refractivity contribution in [3.63, 3.8) is 0 Å². The van der Waals surface area contributed by atoms with Gasteiger partial charge in [-0.15, -0.1) is 6.42 Å². The predicted octanol–water partition coefficient (Wildman–Crippen LogP) is 4.25. The van der Waals surface area contributed by atoms with Gasteiger partial charge in [-0.3, -0.25) is 9.69 Å².